The first kappa shape index (κ1) is 15.0. The Bertz CT molecular complexity index is 479. The van der Waals surface area contributed by atoms with Gasteiger partial charge in [0.15, 0.2) is 5.82 Å². The first-order valence-corrected chi connectivity index (χ1v) is 7.16. The zero-order valence-corrected chi connectivity index (χ0v) is 11.0. The summed E-state index contributed by atoms with van der Waals surface area (Å²) in [6.07, 6.45) is 2.50. The van der Waals surface area contributed by atoms with Crippen LogP contribution in [0.25, 0.3) is 0 Å². The summed E-state index contributed by atoms with van der Waals surface area (Å²) in [6.45, 7) is 2.14. The van der Waals surface area contributed by atoms with E-state index in [1.54, 1.807) is 0 Å². The van der Waals surface area contributed by atoms with Gasteiger partial charge in [-0.15, -0.1) is 0 Å². The topological polar surface area (TPSA) is 79.3 Å². The van der Waals surface area contributed by atoms with Crippen molar-refractivity contribution in [3.63, 3.8) is 0 Å². The first-order valence-electron chi connectivity index (χ1n) is 5.68. The van der Waals surface area contributed by atoms with Gasteiger partial charge < -0.3 is 5.11 Å². The molecule has 5 nitrogen and oxygen atoms in total. The van der Waals surface area contributed by atoms with E-state index in [4.69, 9.17) is 5.11 Å². The smallest absolute Gasteiger partial charge is 0.261 e. The summed E-state index contributed by atoms with van der Waals surface area (Å²) in [5.74, 6) is -0.741. The van der Waals surface area contributed by atoms with Crippen LogP contribution in [0.2, 0.25) is 0 Å². The molecule has 18 heavy (non-hydrogen) atoms. The molecule has 0 bridgehead atoms. The van der Waals surface area contributed by atoms with Crippen molar-refractivity contribution in [2.24, 2.45) is 5.92 Å². The molecule has 1 aromatic rings. The van der Waals surface area contributed by atoms with E-state index in [9.17, 15) is 12.8 Å². The van der Waals surface area contributed by atoms with Crippen molar-refractivity contribution in [1.29, 1.82) is 0 Å². The van der Waals surface area contributed by atoms with Crippen molar-refractivity contribution in [2.75, 3.05) is 13.2 Å². The summed E-state index contributed by atoms with van der Waals surface area (Å²) in [5.41, 5.74) is 0. The Morgan fingerprint density at radius 1 is 1.56 bits per heavy atom. The predicted molar refractivity (Wildman–Crippen MR) is 64.9 cm³/mol. The Balaban J connectivity index is 2.54. The van der Waals surface area contributed by atoms with Gasteiger partial charge in [0.2, 0.25) is 5.03 Å². The summed E-state index contributed by atoms with van der Waals surface area (Å²) in [6, 6.07) is 2.38. The number of sulfonamides is 1. The predicted octanol–water partition coefficient (Wildman–Crippen LogP) is 0.908. The molecule has 1 heterocycles. The van der Waals surface area contributed by atoms with E-state index in [0.717, 1.165) is 6.07 Å². The SMILES string of the molecule is CC(CO)CCCNS(=O)(=O)c1ncccc1F. The highest BCUT2D eigenvalue weighted by atomic mass is 32.2. The van der Waals surface area contributed by atoms with Crippen LogP contribution in [0.1, 0.15) is 19.8 Å². The largest absolute Gasteiger partial charge is 0.396 e. The molecule has 7 heteroatoms. The van der Waals surface area contributed by atoms with Crippen molar-refractivity contribution in [3.05, 3.63) is 24.1 Å². The Morgan fingerprint density at radius 2 is 2.28 bits per heavy atom. The number of nitrogens with zero attached hydrogens (tertiary/aromatic N) is 1. The van der Waals surface area contributed by atoms with Gasteiger partial charge in [0.05, 0.1) is 0 Å². The number of hydrogen-bond acceptors (Lipinski definition) is 4. The fourth-order valence-corrected chi connectivity index (χ4v) is 2.46. The molecule has 1 atom stereocenters. The summed E-state index contributed by atoms with van der Waals surface area (Å²) < 4.78 is 39.0. The van der Waals surface area contributed by atoms with E-state index in [1.807, 2.05) is 6.92 Å². The quantitative estimate of drug-likeness (QED) is 0.725. The summed E-state index contributed by atoms with van der Waals surface area (Å²) in [4.78, 5) is 3.51. The van der Waals surface area contributed by atoms with Crippen LogP contribution in [-0.4, -0.2) is 31.7 Å². The molecule has 1 unspecified atom stereocenters. The molecule has 0 aliphatic rings. The molecule has 0 amide bonds. The van der Waals surface area contributed by atoms with Crippen LogP contribution in [-0.2, 0) is 10.0 Å². The maximum Gasteiger partial charge on any atom is 0.261 e. The summed E-state index contributed by atoms with van der Waals surface area (Å²) >= 11 is 0. The number of halogens is 1. The Kier molecular flexibility index (Phi) is 5.64. The number of aromatic nitrogens is 1. The van der Waals surface area contributed by atoms with Crippen LogP contribution in [0.4, 0.5) is 4.39 Å². The van der Waals surface area contributed by atoms with Gasteiger partial charge in [-0.2, -0.15) is 0 Å². The minimum Gasteiger partial charge on any atom is -0.396 e. The number of nitrogens with one attached hydrogen (secondary N) is 1. The molecule has 102 valence electrons. The maximum absolute atomic E-state index is 13.3. The molecule has 0 radical (unpaired) electrons. The maximum atomic E-state index is 13.3. The van der Waals surface area contributed by atoms with Gasteiger partial charge in [-0.1, -0.05) is 6.92 Å². The lowest BCUT2D eigenvalue weighted by molar-refractivity contribution is 0.228. The summed E-state index contributed by atoms with van der Waals surface area (Å²) in [5, 5.41) is 8.23. The second-order valence-electron chi connectivity index (χ2n) is 4.12. The molecule has 0 aliphatic carbocycles. The van der Waals surface area contributed by atoms with Gasteiger partial charge in [0, 0.05) is 19.3 Å². The number of rotatable bonds is 7. The number of hydrogen-bond donors (Lipinski definition) is 2. The standard InChI is InChI=1S/C11H17FN2O3S/c1-9(8-15)4-2-7-14-18(16,17)11-10(12)5-3-6-13-11/h3,5-6,9,14-15H,2,4,7-8H2,1H3. The van der Waals surface area contributed by atoms with Gasteiger partial charge in [-0.05, 0) is 30.9 Å². The van der Waals surface area contributed by atoms with Gasteiger partial charge in [0.1, 0.15) is 0 Å². The average Bonchev–Trinajstić information content (AvgIpc) is 2.34. The normalized spacial score (nSPS) is 13.5. The third-order valence-electron chi connectivity index (χ3n) is 2.46. The third-order valence-corrected chi connectivity index (χ3v) is 3.85. The van der Waals surface area contributed by atoms with Crippen LogP contribution in [0, 0.1) is 11.7 Å². The van der Waals surface area contributed by atoms with Crippen molar-refractivity contribution in [1.82, 2.24) is 9.71 Å². The molecule has 0 spiro atoms. The molecule has 0 saturated heterocycles. The van der Waals surface area contributed by atoms with Gasteiger partial charge >= 0.3 is 0 Å². The van der Waals surface area contributed by atoms with Crippen LogP contribution < -0.4 is 4.72 Å². The molecular formula is C11H17FN2O3S. The molecular weight excluding hydrogens is 259 g/mol. The lowest BCUT2D eigenvalue weighted by atomic mass is 10.1. The second kappa shape index (κ2) is 6.77. The minimum absolute atomic E-state index is 0.0711. The van der Waals surface area contributed by atoms with Crippen molar-refractivity contribution in [3.8, 4) is 0 Å². The average molecular weight is 276 g/mol. The van der Waals surface area contributed by atoms with E-state index in [2.05, 4.69) is 9.71 Å². The van der Waals surface area contributed by atoms with Gasteiger partial charge in [-0.25, -0.2) is 22.5 Å². The molecule has 1 aromatic heterocycles. The zero-order valence-electron chi connectivity index (χ0n) is 10.1. The second-order valence-corrected chi connectivity index (χ2v) is 5.80. The van der Waals surface area contributed by atoms with E-state index in [0.29, 0.717) is 12.8 Å². The number of aliphatic hydroxyl groups excluding tert-OH is 1. The highest BCUT2D eigenvalue weighted by Crippen LogP contribution is 2.10. The van der Waals surface area contributed by atoms with Crippen molar-refractivity contribution >= 4 is 10.0 Å². The molecule has 0 aliphatic heterocycles. The van der Waals surface area contributed by atoms with Crippen LogP contribution >= 0.6 is 0 Å². The highest BCUT2D eigenvalue weighted by molar-refractivity contribution is 7.89. The van der Waals surface area contributed by atoms with E-state index < -0.39 is 20.9 Å². The van der Waals surface area contributed by atoms with E-state index in [1.165, 1.54) is 12.3 Å². The third kappa shape index (κ3) is 4.32. The lowest BCUT2D eigenvalue weighted by Gasteiger charge is -2.09. The fraction of sp³-hybridized carbons (Fsp3) is 0.545. The first-order chi connectivity index (χ1) is 8.47. The monoisotopic (exact) mass is 276 g/mol. The van der Waals surface area contributed by atoms with Crippen LogP contribution in [0.15, 0.2) is 23.4 Å². The number of aliphatic hydroxyl groups is 1. The molecule has 1 rings (SSSR count). The van der Waals surface area contributed by atoms with Gasteiger partial charge in [-0.3, -0.25) is 0 Å². The van der Waals surface area contributed by atoms with E-state index >= 15 is 0 Å². The summed E-state index contributed by atoms with van der Waals surface area (Å²) in [7, 11) is -3.89. The molecule has 0 fully saturated rings. The van der Waals surface area contributed by atoms with Crippen LogP contribution in [0.5, 0.6) is 0 Å². The molecule has 0 saturated carbocycles. The Morgan fingerprint density at radius 3 is 2.89 bits per heavy atom. The number of pyridine rings is 1. The van der Waals surface area contributed by atoms with Gasteiger partial charge in [0.25, 0.3) is 10.0 Å². The van der Waals surface area contributed by atoms with Crippen molar-refractivity contribution in [2.45, 2.75) is 24.8 Å². The van der Waals surface area contributed by atoms with Crippen LogP contribution in [0.3, 0.4) is 0 Å². The fourth-order valence-electron chi connectivity index (χ4n) is 1.39. The molecule has 2 N–H and O–H groups in total. The highest BCUT2D eigenvalue weighted by Gasteiger charge is 2.19. The van der Waals surface area contributed by atoms with Crippen molar-refractivity contribution < 1.29 is 17.9 Å². The Labute approximate surface area is 106 Å². The lowest BCUT2D eigenvalue weighted by Crippen LogP contribution is -2.27. The van der Waals surface area contributed by atoms with E-state index in [-0.39, 0.29) is 19.1 Å². The minimum atomic E-state index is -3.89. The Hall–Kier alpha value is -1.05. The zero-order chi connectivity index (χ0) is 13.6. The molecule has 0 aromatic carbocycles.